The van der Waals surface area contributed by atoms with Gasteiger partial charge in [-0.15, -0.1) is 0 Å². The molecular weight excluding hydrogens is 216 g/mol. The molecule has 0 amide bonds. The number of thiazole rings is 1. The highest BCUT2D eigenvalue weighted by molar-refractivity contribution is 7.99. The third-order valence-electron chi connectivity index (χ3n) is 2.45. The molecule has 0 aliphatic carbocycles. The Labute approximate surface area is 92.2 Å². The fraction of sp³-hybridized carbons (Fsp3) is 0.667. The zero-order chi connectivity index (χ0) is 9.97. The van der Waals surface area contributed by atoms with Gasteiger partial charge in [0, 0.05) is 25.0 Å². The van der Waals surface area contributed by atoms with E-state index in [1.54, 1.807) is 17.5 Å². The third-order valence-corrected chi connectivity index (χ3v) is 4.67. The van der Waals surface area contributed by atoms with Gasteiger partial charge in [0.25, 0.3) is 0 Å². The van der Waals surface area contributed by atoms with Crippen molar-refractivity contribution >= 4 is 28.2 Å². The van der Waals surface area contributed by atoms with Crippen LogP contribution in [0.3, 0.4) is 0 Å². The van der Waals surface area contributed by atoms with Crippen LogP contribution in [0.25, 0.3) is 0 Å². The molecule has 3 nitrogen and oxygen atoms in total. The average molecular weight is 230 g/mol. The third kappa shape index (κ3) is 2.04. The molecule has 2 rings (SSSR count). The Bertz CT molecular complexity index is 297. The van der Waals surface area contributed by atoms with Crippen LogP contribution in [0.2, 0.25) is 0 Å². The van der Waals surface area contributed by atoms with Crippen molar-refractivity contribution in [2.75, 3.05) is 23.5 Å². The van der Waals surface area contributed by atoms with E-state index in [0.29, 0.717) is 6.04 Å². The minimum Gasteiger partial charge on any atom is -0.391 e. The summed E-state index contributed by atoms with van der Waals surface area (Å²) in [5, 5.41) is 9.98. The Morgan fingerprint density at radius 3 is 3.14 bits per heavy atom. The largest absolute Gasteiger partial charge is 0.391 e. The Kier molecular flexibility index (Phi) is 3.30. The van der Waals surface area contributed by atoms with Crippen molar-refractivity contribution in [2.24, 2.45) is 0 Å². The van der Waals surface area contributed by atoms with Crippen molar-refractivity contribution < 1.29 is 5.11 Å². The maximum Gasteiger partial charge on any atom is 0.185 e. The zero-order valence-corrected chi connectivity index (χ0v) is 9.77. The van der Waals surface area contributed by atoms with Crippen LogP contribution < -0.4 is 4.90 Å². The molecule has 1 aliphatic rings. The Morgan fingerprint density at radius 1 is 1.71 bits per heavy atom. The van der Waals surface area contributed by atoms with Crippen molar-refractivity contribution in [2.45, 2.75) is 19.1 Å². The fourth-order valence-corrected chi connectivity index (χ4v) is 3.59. The van der Waals surface area contributed by atoms with E-state index in [0.717, 1.165) is 10.0 Å². The monoisotopic (exact) mass is 230 g/mol. The first-order valence-corrected chi connectivity index (χ1v) is 6.64. The summed E-state index contributed by atoms with van der Waals surface area (Å²) in [6, 6.07) is 0.623. The lowest BCUT2D eigenvalue weighted by Crippen LogP contribution is -2.30. The maximum atomic E-state index is 8.95. The highest BCUT2D eigenvalue weighted by Crippen LogP contribution is 2.28. The molecule has 0 aromatic carbocycles. The molecule has 0 spiro atoms. The standard InChI is InChI=1S/C9H14N2OS2/c1-11(7-2-3-13-6-7)9-10-4-8(5-12)14-9/h4,7,12H,2-3,5-6H2,1H3. The average Bonchev–Trinajstić information content (AvgIpc) is 2.88. The molecule has 2 heterocycles. The SMILES string of the molecule is CN(c1ncc(CO)s1)C1CCSC1. The number of anilines is 1. The second-order valence-electron chi connectivity index (χ2n) is 3.40. The number of aliphatic hydroxyl groups is 1. The van der Waals surface area contributed by atoms with Crippen molar-refractivity contribution in [1.29, 1.82) is 0 Å². The number of rotatable bonds is 3. The van der Waals surface area contributed by atoms with Gasteiger partial charge < -0.3 is 10.0 Å². The molecule has 1 fully saturated rings. The van der Waals surface area contributed by atoms with Crippen LogP contribution in [0.4, 0.5) is 5.13 Å². The molecule has 0 radical (unpaired) electrons. The predicted octanol–water partition coefficient (Wildman–Crippen LogP) is 1.58. The van der Waals surface area contributed by atoms with E-state index in [2.05, 4.69) is 16.9 Å². The van der Waals surface area contributed by atoms with Gasteiger partial charge in [-0.2, -0.15) is 11.8 Å². The molecule has 0 bridgehead atoms. The smallest absolute Gasteiger partial charge is 0.185 e. The number of aliphatic hydroxyl groups excluding tert-OH is 1. The summed E-state index contributed by atoms with van der Waals surface area (Å²) in [4.78, 5) is 7.49. The highest BCUT2D eigenvalue weighted by atomic mass is 32.2. The lowest BCUT2D eigenvalue weighted by atomic mass is 10.2. The normalized spacial score (nSPS) is 21.4. The number of hydrogen-bond donors (Lipinski definition) is 1. The first kappa shape index (κ1) is 10.3. The summed E-state index contributed by atoms with van der Waals surface area (Å²) in [7, 11) is 2.09. The number of hydrogen-bond acceptors (Lipinski definition) is 5. The van der Waals surface area contributed by atoms with Crippen LogP contribution in [-0.2, 0) is 6.61 Å². The first-order chi connectivity index (χ1) is 6.81. The van der Waals surface area contributed by atoms with Crippen molar-refractivity contribution in [1.82, 2.24) is 4.98 Å². The van der Waals surface area contributed by atoms with E-state index in [-0.39, 0.29) is 6.61 Å². The fourth-order valence-electron chi connectivity index (χ4n) is 1.52. The topological polar surface area (TPSA) is 36.4 Å². The summed E-state index contributed by atoms with van der Waals surface area (Å²) in [5.41, 5.74) is 0. The van der Waals surface area contributed by atoms with E-state index < -0.39 is 0 Å². The molecule has 1 aromatic heterocycles. The molecule has 14 heavy (non-hydrogen) atoms. The molecule has 1 N–H and O–H groups in total. The van der Waals surface area contributed by atoms with Gasteiger partial charge >= 0.3 is 0 Å². The molecule has 1 aromatic rings. The van der Waals surface area contributed by atoms with Crippen molar-refractivity contribution in [3.63, 3.8) is 0 Å². The Morgan fingerprint density at radius 2 is 2.57 bits per heavy atom. The lowest BCUT2D eigenvalue weighted by Gasteiger charge is -2.22. The second-order valence-corrected chi connectivity index (χ2v) is 5.64. The van der Waals surface area contributed by atoms with Crippen LogP contribution in [0.15, 0.2) is 6.20 Å². The predicted molar refractivity (Wildman–Crippen MR) is 62.2 cm³/mol. The van der Waals surface area contributed by atoms with Crippen LogP contribution in [0.1, 0.15) is 11.3 Å². The molecule has 5 heteroatoms. The van der Waals surface area contributed by atoms with E-state index in [1.165, 1.54) is 17.9 Å². The van der Waals surface area contributed by atoms with Crippen LogP contribution in [-0.4, -0.2) is 34.7 Å². The molecule has 78 valence electrons. The first-order valence-electron chi connectivity index (χ1n) is 4.67. The molecule has 1 atom stereocenters. The van der Waals surface area contributed by atoms with Gasteiger partial charge in [0.2, 0.25) is 0 Å². The lowest BCUT2D eigenvalue weighted by molar-refractivity contribution is 0.285. The summed E-state index contributed by atoms with van der Waals surface area (Å²) in [6.07, 6.45) is 3.01. The number of nitrogens with zero attached hydrogens (tertiary/aromatic N) is 2. The number of thioether (sulfide) groups is 1. The second kappa shape index (κ2) is 4.51. The minimum absolute atomic E-state index is 0.102. The van der Waals surface area contributed by atoms with Gasteiger partial charge in [-0.3, -0.25) is 0 Å². The van der Waals surface area contributed by atoms with Crippen LogP contribution in [0, 0.1) is 0 Å². The van der Waals surface area contributed by atoms with Crippen LogP contribution >= 0.6 is 23.1 Å². The maximum absolute atomic E-state index is 8.95. The van der Waals surface area contributed by atoms with Crippen LogP contribution in [0.5, 0.6) is 0 Å². The highest BCUT2D eigenvalue weighted by Gasteiger charge is 2.21. The van der Waals surface area contributed by atoms with Gasteiger partial charge in [-0.1, -0.05) is 11.3 Å². The van der Waals surface area contributed by atoms with E-state index in [1.807, 2.05) is 11.8 Å². The Hall–Kier alpha value is -0.260. The Balaban J connectivity index is 2.05. The quantitative estimate of drug-likeness (QED) is 0.855. The molecular formula is C9H14N2OS2. The minimum atomic E-state index is 0.102. The van der Waals surface area contributed by atoms with E-state index >= 15 is 0 Å². The van der Waals surface area contributed by atoms with Gasteiger partial charge in [-0.05, 0) is 12.2 Å². The van der Waals surface area contributed by atoms with E-state index in [4.69, 9.17) is 5.11 Å². The van der Waals surface area contributed by atoms with Gasteiger partial charge in [0.05, 0.1) is 11.5 Å². The van der Waals surface area contributed by atoms with Crippen molar-refractivity contribution in [3.8, 4) is 0 Å². The molecule has 1 unspecified atom stereocenters. The summed E-state index contributed by atoms with van der Waals surface area (Å²) < 4.78 is 0. The van der Waals surface area contributed by atoms with Crippen molar-refractivity contribution in [3.05, 3.63) is 11.1 Å². The zero-order valence-electron chi connectivity index (χ0n) is 8.14. The summed E-state index contributed by atoms with van der Waals surface area (Å²) >= 11 is 3.59. The van der Waals surface area contributed by atoms with Gasteiger partial charge in [0.15, 0.2) is 5.13 Å². The van der Waals surface area contributed by atoms with Gasteiger partial charge in [-0.25, -0.2) is 4.98 Å². The molecule has 0 saturated carbocycles. The summed E-state index contributed by atoms with van der Waals surface area (Å²) in [6.45, 7) is 0.102. The van der Waals surface area contributed by atoms with Gasteiger partial charge in [0.1, 0.15) is 0 Å². The molecule has 1 aliphatic heterocycles. The summed E-state index contributed by atoms with van der Waals surface area (Å²) in [5.74, 6) is 2.46. The number of aromatic nitrogens is 1. The van der Waals surface area contributed by atoms with E-state index in [9.17, 15) is 0 Å². The molecule has 1 saturated heterocycles.